The minimum absolute atomic E-state index is 0.183. The zero-order valence-electron chi connectivity index (χ0n) is 14.8. The third-order valence-corrected chi connectivity index (χ3v) is 5.34. The van der Waals surface area contributed by atoms with E-state index in [1.54, 1.807) is 0 Å². The van der Waals surface area contributed by atoms with Crippen molar-refractivity contribution in [3.8, 4) is 5.75 Å². The standard InChI is InChI=1S/C21H20N2O3S/c24-20-19(27-21(22-20)23-9-11-25-12-10-23)14-17-7-4-8-18(13-17)26-15-16-5-2-1-3-6-16/h1-8,13-14H,9-12,15H2/b19-14+. The van der Waals surface area contributed by atoms with Crippen LogP contribution >= 0.6 is 11.8 Å². The average Bonchev–Trinajstić information content (AvgIpc) is 3.09. The number of thioether (sulfide) groups is 1. The predicted molar refractivity (Wildman–Crippen MR) is 108 cm³/mol. The molecule has 0 atom stereocenters. The number of carbonyl (C=O) groups excluding carboxylic acids is 1. The Balaban J connectivity index is 1.42. The van der Waals surface area contributed by atoms with Gasteiger partial charge in [0.2, 0.25) is 0 Å². The highest BCUT2D eigenvalue weighted by atomic mass is 32.2. The molecule has 0 unspecified atom stereocenters. The minimum atomic E-state index is -0.183. The molecule has 2 aromatic rings. The Morgan fingerprint density at radius 1 is 1.11 bits per heavy atom. The van der Waals surface area contributed by atoms with Gasteiger partial charge in [0, 0.05) is 13.1 Å². The molecule has 4 rings (SSSR count). The summed E-state index contributed by atoms with van der Waals surface area (Å²) in [5.74, 6) is 0.593. The van der Waals surface area contributed by atoms with Crippen LogP contribution in [0.15, 0.2) is 64.5 Å². The van der Waals surface area contributed by atoms with Crippen molar-refractivity contribution in [1.29, 1.82) is 0 Å². The van der Waals surface area contributed by atoms with Crippen molar-refractivity contribution in [3.63, 3.8) is 0 Å². The van der Waals surface area contributed by atoms with Gasteiger partial charge in [-0.1, -0.05) is 42.5 Å². The highest BCUT2D eigenvalue weighted by Gasteiger charge is 2.27. The fraction of sp³-hybridized carbons (Fsp3) is 0.238. The van der Waals surface area contributed by atoms with Crippen molar-refractivity contribution in [3.05, 3.63) is 70.6 Å². The van der Waals surface area contributed by atoms with Gasteiger partial charge < -0.3 is 14.4 Å². The molecule has 2 aliphatic rings. The highest BCUT2D eigenvalue weighted by molar-refractivity contribution is 8.18. The van der Waals surface area contributed by atoms with Crippen LogP contribution in [-0.2, 0) is 16.1 Å². The van der Waals surface area contributed by atoms with E-state index < -0.39 is 0 Å². The van der Waals surface area contributed by atoms with Crippen LogP contribution in [0.1, 0.15) is 11.1 Å². The Morgan fingerprint density at radius 2 is 1.93 bits per heavy atom. The monoisotopic (exact) mass is 380 g/mol. The van der Waals surface area contributed by atoms with Gasteiger partial charge in [0.25, 0.3) is 5.91 Å². The summed E-state index contributed by atoms with van der Waals surface area (Å²) in [6.07, 6.45) is 1.87. The van der Waals surface area contributed by atoms with Crippen molar-refractivity contribution >= 4 is 28.9 Å². The second-order valence-corrected chi connectivity index (χ2v) is 7.27. The Labute approximate surface area is 162 Å². The van der Waals surface area contributed by atoms with Crippen LogP contribution in [0.5, 0.6) is 5.75 Å². The van der Waals surface area contributed by atoms with Gasteiger partial charge in [-0.3, -0.25) is 4.79 Å². The number of rotatable bonds is 4. The maximum absolute atomic E-state index is 12.3. The first kappa shape index (κ1) is 17.8. The van der Waals surface area contributed by atoms with Gasteiger partial charge in [0.15, 0.2) is 5.17 Å². The molecule has 138 valence electrons. The van der Waals surface area contributed by atoms with Crippen LogP contribution < -0.4 is 4.74 Å². The molecule has 0 N–H and O–H groups in total. The Morgan fingerprint density at radius 3 is 2.74 bits per heavy atom. The molecule has 1 saturated heterocycles. The van der Waals surface area contributed by atoms with Gasteiger partial charge in [-0.15, -0.1) is 0 Å². The first-order chi connectivity index (χ1) is 13.3. The molecule has 0 aliphatic carbocycles. The van der Waals surface area contributed by atoms with E-state index in [9.17, 15) is 4.79 Å². The zero-order valence-corrected chi connectivity index (χ0v) is 15.7. The lowest BCUT2D eigenvalue weighted by molar-refractivity contribution is -0.113. The quantitative estimate of drug-likeness (QED) is 0.759. The van der Waals surface area contributed by atoms with Crippen molar-refractivity contribution in [2.24, 2.45) is 4.99 Å². The van der Waals surface area contributed by atoms with Crippen LogP contribution in [0.4, 0.5) is 0 Å². The van der Waals surface area contributed by atoms with Crippen LogP contribution in [0, 0.1) is 0 Å². The summed E-state index contributed by atoms with van der Waals surface area (Å²) in [5, 5.41) is 0.769. The van der Waals surface area contributed by atoms with E-state index in [0.717, 1.165) is 35.1 Å². The van der Waals surface area contributed by atoms with E-state index in [-0.39, 0.29) is 5.91 Å². The molecule has 2 aromatic carbocycles. The fourth-order valence-corrected chi connectivity index (χ4v) is 3.84. The van der Waals surface area contributed by atoms with E-state index in [2.05, 4.69) is 9.89 Å². The lowest BCUT2D eigenvalue weighted by Gasteiger charge is -2.27. The number of morpholine rings is 1. The van der Waals surface area contributed by atoms with Crippen LogP contribution in [-0.4, -0.2) is 42.3 Å². The van der Waals surface area contributed by atoms with Gasteiger partial charge in [-0.05, 0) is 41.1 Å². The molecule has 1 amide bonds. The van der Waals surface area contributed by atoms with E-state index in [1.165, 1.54) is 11.8 Å². The number of amides is 1. The van der Waals surface area contributed by atoms with Gasteiger partial charge in [0.1, 0.15) is 12.4 Å². The summed E-state index contributed by atoms with van der Waals surface area (Å²) in [7, 11) is 0. The number of hydrogen-bond acceptors (Lipinski definition) is 5. The molecule has 2 aliphatic heterocycles. The van der Waals surface area contributed by atoms with Crippen LogP contribution in [0.25, 0.3) is 6.08 Å². The highest BCUT2D eigenvalue weighted by Crippen LogP contribution is 2.31. The van der Waals surface area contributed by atoms with Crippen molar-refractivity contribution in [2.45, 2.75) is 6.61 Å². The molecule has 0 radical (unpaired) electrons. The molecular weight excluding hydrogens is 360 g/mol. The molecular formula is C21H20N2O3S. The lowest BCUT2D eigenvalue weighted by atomic mass is 10.2. The number of nitrogens with zero attached hydrogens (tertiary/aromatic N) is 2. The van der Waals surface area contributed by atoms with Crippen molar-refractivity contribution in [2.75, 3.05) is 26.3 Å². The smallest absolute Gasteiger partial charge is 0.286 e. The normalized spacial score (nSPS) is 18.7. The van der Waals surface area contributed by atoms with Crippen molar-refractivity contribution in [1.82, 2.24) is 4.90 Å². The molecule has 27 heavy (non-hydrogen) atoms. The number of hydrogen-bond donors (Lipinski definition) is 0. The molecule has 2 heterocycles. The third kappa shape index (κ3) is 4.59. The minimum Gasteiger partial charge on any atom is -0.489 e. The van der Waals surface area contributed by atoms with Gasteiger partial charge in [-0.2, -0.15) is 4.99 Å². The summed E-state index contributed by atoms with van der Waals surface area (Å²) in [6.45, 7) is 3.41. The van der Waals surface area contributed by atoms with Crippen molar-refractivity contribution < 1.29 is 14.3 Å². The topological polar surface area (TPSA) is 51.1 Å². The van der Waals surface area contributed by atoms with E-state index in [1.807, 2.05) is 60.7 Å². The molecule has 6 heteroatoms. The summed E-state index contributed by atoms with van der Waals surface area (Å²) in [4.78, 5) is 19.2. The number of benzene rings is 2. The summed E-state index contributed by atoms with van der Waals surface area (Å²) < 4.78 is 11.2. The van der Waals surface area contributed by atoms with E-state index >= 15 is 0 Å². The second kappa shape index (κ2) is 8.41. The largest absolute Gasteiger partial charge is 0.489 e. The van der Waals surface area contributed by atoms with Gasteiger partial charge in [0.05, 0.1) is 18.1 Å². The maximum atomic E-state index is 12.3. The first-order valence-corrected chi connectivity index (χ1v) is 9.72. The molecule has 0 bridgehead atoms. The fourth-order valence-electron chi connectivity index (χ4n) is 2.87. The van der Waals surface area contributed by atoms with E-state index in [4.69, 9.17) is 9.47 Å². The number of carbonyl (C=O) groups is 1. The molecule has 0 saturated carbocycles. The third-order valence-electron chi connectivity index (χ3n) is 4.30. The Hall–Kier alpha value is -2.57. The summed E-state index contributed by atoms with van der Waals surface area (Å²) in [6, 6.07) is 17.8. The maximum Gasteiger partial charge on any atom is 0.286 e. The lowest BCUT2D eigenvalue weighted by Crippen LogP contribution is -2.38. The van der Waals surface area contributed by atoms with Gasteiger partial charge >= 0.3 is 0 Å². The van der Waals surface area contributed by atoms with E-state index in [0.29, 0.717) is 24.7 Å². The molecule has 5 nitrogen and oxygen atoms in total. The zero-order chi connectivity index (χ0) is 18.5. The average molecular weight is 380 g/mol. The number of aliphatic imine (C=N–C) groups is 1. The summed E-state index contributed by atoms with van der Waals surface area (Å²) >= 11 is 1.43. The molecule has 1 fully saturated rings. The SMILES string of the molecule is O=C1N=C(N2CCOCC2)S/C1=C/c1cccc(OCc2ccccc2)c1. The van der Waals surface area contributed by atoms with Gasteiger partial charge in [-0.25, -0.2) is 0 Å². The Kier molecular flexibility index (Phi) is 5.55. The molecule has 0 aromatic heterocycles. The predicted octanol–water partition coefficient (Wildman–Crippen LogP) is 3.57. The second-order valence-electron chi connectivity index (χ2n) is 6.26. The number of ether oxygens (including phenoxy) is 2. The van der Waals surface area contributed by atoms with Crippen LogP contribution in [0.3, 0.4) is 0 Å². The van der Waals surface area contributed by atoms with Crippen LogP contribution in [0.2, 0.25) is 0 Å². The first-order valence-electron chi connectivity index (χ1n) is 8.90. The number of amidine groups is 1. The molecule has 0 spiro atoms. The summed E-state index contributed by atoms with van der Waals surface area (Å²) in [5.41, 5.74) is 2.04. The Bertz CT molecular complexity index is 874.